The highest BCUT2D eigenvalue weighted by Crippen LogP contribution is 2.15. The largest absolute Gasteiger partial charge is 0.435 e. The first kappa shape index (κ1) is 19.6. The van der Waals surface area contributed by atoms with Crippen LogP contribution in [0.4, 0.5) is 8.78 Å². The molecule has 26 heavy (non-hydrogen) atoms. The van der Waals surface area contributed by atoms with E-state index in [1.807, 2.05) is 0 Å². The average molecular weight is 366 g/mol. The van der Waals surface area contributed by atoms with Crippen LogP contribution in [0.25, 0.3) is 0 Å². The standard InChI is InChI=1S/C18H20F2N2O4/c1-25-11-10-22-12-14(4-7-16(22)23)17(24)21-9-8-13-2-5-15(6-3-13)26-18(19)20/h2-7,12,18H,8-11H2,1H3,(H,21,24). The van der Waals surface area contributed by atoms with E-state index in [1.165, 1.54) is 42.1 Å². The van der Waals surface area contributed by atoms with E-state index in [4.69, 9.17) is 4.74 Å². The Morgan fingerprint density at radius 1 is 1.19 bits per heavy atom. The molecule has 0 bridgehead atoms. The molecule has 0 aliphatic rings. The number of nitrogens with one attached hydrogen (secondary N) is 1. The molecule has 0 aliphatic heterocycles. The molecule has 1 aromatic carbocycles. The third kappa shape index (κ3) is 5.96. The molecule has 0 saturated carbocycles. The van der Waals surface area contributed by atoms with Gasteiger partial charge in [-0.3, -0.25) is 9.59 Å². The second-order valence-corrected chi connectivity index (χ2v) is 5.47. The molecular weight excluding hydrogens is 346 g/mol. The third-order valence-corrected chi connectivity index (χ3v) is 3.63. The first-order valence-electron chi connectivity index (χ1n) is 8.01. The lowest BCUT2D eigenvalue weighted by Gasteiger charge is -2.09. The molecule has 0 unspecified atom stereocenters. The fourth-order valence-corrected chi connectivity index (χ4v) is 2.29. The zero-order valence-electron chi connectivity index (χ0n) is 14.3. The van der Waals surface area contributed by atoms with Gasteiger partial charge in [-0.15, -0.1) is 0 Å². The maximum absolute atomic E-state index is 12.2. The van der Waals surface area contributed by atoms with Gasteiger partial charge >= 0.3 is 6.61 Å². The minimum Gasteiger partial charge on any atom is -0.435 e. The fraction of sp³-hybridized carbons (Fsp3) is 0.333. The summed E-state index contributed by atoms with van der Waals surface area (Å²) in [5.41, 5.74) is 1.04. The molecule has 2 aromatic rings. The van der Waals surface area contributed by atoms with Crippen LogP contribution in [-0.4, -0.2) is 37.3 Å². The lowest BCUT2D eigenvalue weighted by atomic mass is 10.1. The van der Waals surface area contributed by atoms with Gasteiger partial charge in [0.2, 0.25) is 0 Å². The number of aromatic nitrogens is 1. The van der Waals surface area contributed by atoms with E-state index in [-0.39, 0.29) is 17.2 Å². The summed E-state index contributed by atoms with van der Waals surface area (Å²) in [5.74, 6) is -0.208. The molecule has 0 fully saturated rings. The van der Waals surface area contributed by atoms with Crippen LogP contribution in [0.5, 0.6) is 5.75 Å². The molecule has 8 heteroatoms. The van der Waals surface area contributed by atoms with Gasteiger partial charge in [-0.05, 0) is 30.2 Å². The molecule has 0 aliphatic carbocycles. The minimum absolute atomic E-state index is 0.0890. The SMILES string of the molecule is COCCn1cc(C(=O)NCCc2ccc(OC(F)F)cc2)ccc1=O. The van der Waals surface area contributed by atoms with Crippen molar-refractivity contribution < 1.29 is 23.0 Å². The summed E-state index contributed by atoms with van der Waals surface area (Å²) in [4.78, 5) is 23.9. The van der Waals surface area contributed by atoms with E-state index >= 15 is 0 Å². The second-order valence-electron chi connectivity index (χ2n) is 5.47. The number of pyridine rings is 1. The number of halogens is 2. The van der Waals surface area contributed by atoms with Gasteiger partial charge in [-0.25, -0.2) is 0 Å². The molecule has 2 rings (SSSR count). The Morgan fingerprint density at radius 2 is 1.92 bits per heavy atom. The summed E-state index contributed by atoms with van der Waals surface area (Å²) < 4.78 is 34.8. The summed E-state index contributed by atoms with van der Waals surface area (Å²) in [7, 11) is 1.54. The van der Waals surface area contributed by atoms with Gasteiger partial charge < -0.3 is 19.4 Å². The average Bonchev–Trinajstić information content (AvgIpc) is 2.62. The first-order valence-corrected chi connectivity index (χ1v) is 8.01. The summed E-state index contributed by atoms with van der Waals surface area (Å²) in [5, 5.41) is 2.76. The van der Waals surface area contributed by atoms with Crippen molar-refractivity contribution in [1.29, 1.82) is 0 Å². The van der Waals surface area contributed by atoms with E-state index in [0.717, 1.165) is 5.56 Å². The number of carbonyl (C=O) groups excluding carboxylic acids is 1. The van der Waals surface area contributed by atoms with E-state index < -0.39 is 6.61 Å². The summed E-state index contributed by atoms with van der Waals surface area (Å²) >= 11 is 0. The molecule has 1 amide bonds. The number of alkyl halides is 2. The van der Waals surface area contributed by atoms with Gasteiger partial charge in [0.25, 0.3) is 11.5 Å². The maximum Gasteiger partial charge on any atom is 0.387 e. The van der Waals surface area contributed by atoms with E-state index in [2.05, 4.69) is 10.1 Å². The molecule has 6 nitrogen and oxygen atoms in total. The monoisotopic (exact) mass is 366 g/mol. The predicted molar refractivity (Wildman–Crippen MR) is 91.7 cm³/mol. The Kier molecular flexibility index (Phi) is 7.28. The Morgan fingerprint density at radius 3 is 2.58 bits per heavy atom. The van der Waals surface area contributed by atoms with Gasteiger partial charge in [0.1, 0.15) is 5.75 Å². The minimum atomic E-state index is -2.85. The topological polar surface area (TPSA) is 69.6 Å². The Balaban J connectivity index is 1.87. The molecule has 0 spiro atoms. The Bertz CT molecular complexity index is 776. The van der Waals surface area contributed by atoms with Gasteiger partial charge in [0, 0.05) is 32.5 Å². The molecule has 0 saturated heterocycles. The fourth-order valence-electron chi connectivity index (χ4n) is 2.29. The first-order chi connectivity index (χ1) is 12.5. The molecule has 1 heterocycles. The van der Waals surface area contributed by atoms with Crippen molar-refractivity contribution >= 4 is 5.91 Å². The number of hydrogen-bond acceptors (Lipinski definition) is 4. The number of hydrogen-bond donors (Lipinski definition) is 1. The molecule has 1 aromatic heterocycles. The van der Waals surface area contributed by atoms with Crippen molar-refractivity contribution in [3.05, 3.63) is 64.1 Å². The van der Waals surface area contributed by atoms with E-state index in [0.29, 0.717) is 31.7 Å². The van der Waals surface area contributed by atoms with Crippen LogP contribution in [0.2, 0.25) is 0 Å². The molecule has 140 valence electrons. The summed E-state index contributed by atoms with van der Waals surface area (Å²) in [6.07, 6.45) is 2.02. The number of rotatable bonds is 9. The Labute approximate surface area is 149 Å². The highest BCUT2D eigenvalue weighted by Gasteiger charge is 2.08. The van der Waals surface area contributed by atoms with E-state index in [9.17, 15) is 18.4 Å². The number of nitrogens with zero attached hydrogens (tertiary/aromatic N) is 1. The molecular formula is C18H20F2N2O4. The van der Waals surface area contributed by atoms with Crippen LogP contribution in [0.15, 0.2) is 47.4 Å². The number of carbonyl (C=O) groups is 1. The van der Waals surface area contributed by atoms with Crippen LogP contribution >= 0.6 is 0 Å². The normalized spacial score (nSPS) is 10.8. The van der Waals surface area contributed by atoms with Crippen LogP contribution in [-0.2, 0) is 17.7 Å². The molecule has 0 atom stereocenters. The third-order valence-electron chi connectivity index (χ3n) is 3.63. The number of benzene rings is 1. The number of ether oxygens (including phenoxy) is 2. The van der Waals surface area contributed by atoms with Gasteiger partial charge in [-0.2, -0.15) is 8.78 Å². The van der Waals surface area contributed by atoms with Crippen LogP contribution in [0, 0.1) is 0 Å². The maximum atomic E-state index is 12.2. The summed E-state index contributed by atoms with van der Waals surface area (Å²) in [6, 6.07) is 9.04. The van der Waals surface area contributed by atoms with Crippen molar-refractivity contribution in [2.45, 2.75) is 19.6 Å². The number of amides is 1. The van der Waals surface area contributed by atoms with Crippen molar-refractivity contribution in [1.82, 2.24) is 9.88 Å². The Hall–Kier alpha value is -2.74. The van der Waals surface area contributed by atoms with Crippen LogP contribution in [0.1, 0.15) is 15.9 Å². The van der Waals surface area contributed by atoms with Crippen molar-refractivity contribution in [3.63, 3.8) is 0 Å². The quantitative estimate of drug-likeness (QED) is 0.738. The summed E-state index contributed by atoms with van der Waals surface area (Å²) in [6.45, 7) is -1.75. The number of methoxy groups -OCH3 is 1. The highest BCUT2D eigenvalue weighted by molar-refractivity contribution is 5.93. The van der Waals surface area contributed by atoms with Gasteiger partial charge in [0.15, 0.2) is 0 Å². The van der Waals surface area contributed by atoms with Crippen LogP contribution < -0.4 is 15.6 Å². The van der Waals surface area contributed by atoms with Crippen molar-refractivity contribution in [2.24, 2.45) is 0 Å². The smallest absolute Gasteiger partial charge is 0.387 e. The molecule has 0 radical (unpaired) electrons. The molecule has 1 N–H and O–H groups in total. The highest BCUT2D eigenvalue weighted by atomic mass is 19.3. The second kappa shape index (κ2) is 9.67. The lowest BCUT2D eigenvalue weighted by Crippen LogP contribution is -2.28. The van der Waals surface area contributed by atoms with Crippen molar-refractivity contribution in [2.75, 3.05) is 20.3 Å². The van der Waals surface area contributed by atoms with Gasteiger partial charge in [0.05, 0.1) is 12.2 Å². The zero-order chi connectivity index (χ0) is 18.9. The van der Waals surface area contributed by atoms with Crippen LogP contribution in [0.3, 0.4) is 0 Å². The predicted octanol–water partition coefficient (Wildman–Crippen LogP) is 2.07. The van der Waals surface area contributed by atoms with E-state index in [1.54, 1.807) is 12.1 Å². The van der Waals surface area contributed by atoms with Gasteiger partial charge in [-0.1, -0.05) is 12.1 Å². The van der Waals surface area contributed by atoms with Crippen molar-refractivity contribution in [3.8, 4) is 5.75 Å². The lowest BCUT2D eigenvalue weighted by molar-refractivity contribution is -0.0498. The zero-order valence-corrected chi connectivity index (χ0v) is 14.3.